The Labute approximate surface area is 401 Å². The summed E-state index contributed by atoms with van der Waals surface area (Å²) < 4.78 is 8.69. The van der Waals surface area contributed by atoms with Gasteiger partial charge >= 0.3 is 0 Å². The van der Waals surface area contributed by atoms with Gasteiger partial charge < -0.3 is 13.9 Å². The number of aromatic nitrogens is 1. The highest BCUT2D eigenvalue weighted by Gasteiger charge is 2.18. The lowest BCUT2D eigenvalue weighted by Gasteiger charge is -2.26. The average Bonchev–Trinajstić information content (AvgIpc) is 3.98. The smallest absolute Gasteiger partial charge is 0.136 e. The van der Waals surface area contributed by atoms with Crippen LogP contribution in [0, 0.1) is 0 Å². The highest BCUT2D eigenvalue weighted by molar-refractivity contribution is 6.13. The van der Waals surface area contributed by atoms with Gasteiger partial charge in [0.05, 0.1) is 11.0 Å². The van der Waals surface area contributed by atoms with Crippen LogP contribution in [0.4, 0.5) is 17.1 Å². The molecule has 3 nitrogen and oxygen atoms in total. The predicted octanol–water partition coefficient (Wildman–Crippen LogP) is 18.5. The van der Waals surface area contributed by atoms with Gasteiger partial charge in [-0.25, -0.2) is 0 Å². The van der Waals surface area contributed by atoms with E-state index in [1.54, 1.807) is 0 Å². The maximum Gasteiger partial charge on any atom is 0.136 e. The quantitative estimate of drug-likeness (QED) is 0.144. The number of rotatable bonds is 9. The van der Waals surface area contributed by atoms with Gasteiger partial charge in [-0.3, -0.25) is 0 Å². The van der Waals surface area contributed by atoms with Gasteiger partial charge in [-0.15, -0.1) is 0 Å². The number of benzene rings is 11. The molecule has 0 saturated heterocycles. The van der Waals surface area contributed by atoms with Gasteiger partial charge in [0, 0.05) is 44.3 Å². The molecule has 0 saturated carbocycles. The highest BCUT2D eigenvalue weighted by Crippen LogP contribution is 2.42. The first kappa shape index (κ1) is 40.1. The van der Waals surface area contributed by atoms with E-state index in [2.05, 4.69) is 264 Å². The number of fused-ring (bicyclic) bond motifs is 6. The van der Waals surface area contributed by atoms with Crippen molar-refractivity contribution >= 4 is 60.8 Å². The zero-order valence-corrected chi connectivity index (χ0v) is 37.7. The second-order valence-corrected chi connectivity index (χ2v) is 17.7. The summed E-state index contributed by atoms with van der Waals surface area (Å²) >= 11 is 0. The number of furan rings is 1. The average molecular weight is 881 g/mol. The molecule has 13 rings (SSSR count). The maximum atomic E-state index is 6.32. The largest absolute Gasteiger partial charge is 0.456 e. The first-order valence-corrected chi connectivity index (χ1v) is 23.6. The molecular formula is C66H44N2O. The molecule has 13 aromatic rings. The molecule has 0 spiro atoms. The molecule has 11 aromatic carbocycles. The van der Waals surface area contributed by atoms with Crippen molar-refractivity contribution in [2.24, 2.45) is 0 Å². The van der Waals surface area contributed by atoms with Crippen LogP contribution < -0.4 is 4.90 Å². The van der Waals surface area contributed by atoms with E-state index < -0.39 is 0 Å². The van der Waals surface area contributed by atoms with Crippen molar-refractivity contribution in [3.8, 4) is 61.3 Å². The Morgan fingerprint density at radius 3 is 1.33 bits per heavy atom. The normalized spacial score (nSPS) is 11.5. The summed E-state index contributed by atoms with van der Waals surface area (Å²) in [5.41, 5.74) is 20.3. The molecule has 0 amide bonds. The molecule has 324 valence electrons. The van der Waals surface area contributed by atoms with Crippen molar-refractivity contribution < 1.29 is 4.42 Å². The van der Waals surface area contributed by atoms with Crippen molar-refractivity contribution in [3.05, 3.63) is 267 Å². The molecule has 0 aliphatic heterocycles. The second kappa shape index (κ2) is 16.9. The van der Waals surface area contributed by atoms with Crippen molar-refractivity contribution in [1.82, 2.24) is 4.57 Å². The summed E-state index contributed by atoms with van der Waals surface area (Å²) in [4.78, 5) is 2.36. The van der Waals surface area contributed by atoms with Gasteiger partial charge in [-0.2, -0.15) is 0 Å². The van der Waals surface area contributed by atoms with Crippen LogP contribution >= 0.6 is 0 Å². The summed E-state index contributed by atoms with van der Waals surface area (Å²) in [5, 5.41) is 4.78. The molecule has 0 atom stereocenters. The molecule has 0 fully saturated rings. The molecule has 0 unspecified atom stereocenters. The Bertz CT molecular complexity index is 3920. The van der Waals surface area contributed by atoms with Crippen molar-refractivity contribution in [1.29, 1.82) is 0 Å². The van der Waals surface area contributed by atoms with Gasteiger partial charge in [0.2, 0.25) is 0 Å². The lowest BCUT2D eigenvalue weighted by molar-refractivity contribution is 0.669. The Kier molecular flexibility index (Phi) is 9.84. The minimum Gasteiger partial charge on any atom is -0.456 e. The summed E-state index contributed by atoms with van der Waals surface area (Å²) in [6.07, 6.45) is 0. The summed E-state index contributed by atoms with van der Waals surface area (Å²) in [6.45, 7) is 0. The molecule has 0 N–H and O–H groups in total. The standard InChI is InChI=1S/C66H44N2O/c1-2-13-45(14-3-1)46-27-29-47(30-28-46)48-31-37-54(38-32-48)67(57-18-11-17-53(44-57)58-22-12-26-65-66(58)61-21-6-9-25-64(61)69-65)55-39-33-49(34-40-55)51-15-10-16-52(43-51)50-35-41-56(42-36-50)68-62-23-7-4-19-59(62)60-20-5-8-24-63(60)68/h1-44H. The zero-order valence-electron chi connectivity index (χ0n) is 37.7. The fourth-order valence-electron chi connectivity index (χ4n) is 10.2. The Balaban J connectivity index is 0.844. The molecule has 69 heavy (non-hydrogen) atoms. The number of anilines is 3. The van der Waals surface area contributed by atoms with Crippen LogP contribution in [-0.2, 0) is 0 Å². The first-order chi connectivity index (χ1) is 34.2. The van der Waals surface area contributed by atoms with Crippen LogP contribution in [0.2, 0.25) is 0 Å². The fourth-order valence-corrected chi connectivity index (χ4v) is 10.2. The monoisotopic (exact) mass is 880 g/mol. The molecule has 0 aliphatic carbocycles. The SMILES string of the molecule is c1ccc(-c2ccc(-c3ccc(N(c4ccc(-c5cccc(-c6ccc(-n7c8ccccc8c8ccccc87)cc6)c5)cc4)c4cccc(-c5cccc6oc7ccccc7c56)c4)cc3)cc2)cc1. The fraction of sp³-hybridized carbons (Fsp3) is 0. The van der Waals surface area contributed by atoms with Gasteiger partial charge in [0.1, 0.15) is 11.2 Å². The van der Waals surface area contributed by atoms with Crippen LogP contribution in [0.3, 0.4) is 0 Å². The van der Waals surface area contributed by atoms with E-state index in [-0.39, 0.29) is 0 Å². The van der Waals surface area contributed by atoms with Crippen LogP contribution in [0.1, 0.15) is 0 Å². The number of nitrogens with zero attached hydrogens (tertiary/aromatic N) is 2. The molecule has 2 aromatic heterocycles. The van der Waals surface area contributed by atoms with Crippen LogP contribution in [0.15, 0.2) is 271 Å². The van der Waals surface area contributed by atoms with E-state index >= 15 is 0 Å². The summed E-state index contributed by atoms with van der Waals surface area (Å²) in [6, 6.07) is 96.0. The van der Waals surface area contributed by atoms with Crippen LogP contribution in [-0.4, -0.2) is 4.57 Å². The van der Waals surface area contributed by atoms with E-state index in [0.717, 1.165) is 61.4 Å². The van der Waals surface area contributed by atoms with Gasteiger partial charge in [0.25, 0.3) is 0 Å². The Morgan fingerprint density at radius 1 is 0.275 bits per heavy atom. The summed E-state index contributed by atoms with van der Waals surface area (Å²) in [7, 11) is 0. The van der Waals surface area contributed by atoms with E-state index in [4.69, 9.17) is 4.42 Å². The molecule has 0 radical (unpaired) electrons. The van der Waals surface area contributed by atoms with Crippen LogP contribution in [0.5, 0.6) is 0 Å². The van der Waals surface area contributed by atoms with Crippen molar-refractivity contribution in [3.63, 3.8) is 0 Å². The van der Waals surface area contributed by atoms with Crippen molar-refractivity contribution in [2.75, 3.05) is 4.90 Å². The van der Waals surface area contributed by atoms with Gasteiger partial charge in [0.15, 0.2) is 0 Å². The maximum absolute atomic E-state index is 6.32. The second-order valence-electron chi connectivity index (χ2n) is 17.7. The Morgan fingerprint density at radius 2 is 0.710 bits per heavy atom. The lowest BCUT2D eigenvalue weighted by atomic mass is 9.97. The predicted molar refractivity (Wildman–Crippen MR) is 290 cm³/mol. The number of hydrogen-bond acceptors (Lipinski definition) is 2. The van der Waals surface area contributed by atoms with E-state index in [9.17, 15) is 0 Å². The molecule has 0 aliphatic rings. The van der Waals surface area contributed by atoms with Gasteiger partial charge in [-0.05, 0) is 134 Å². The number of hydrogen-bond donors (Lipinski definition) is 0. The third kappa shape index (κ3) is 7.25. The minimum atomic E-state index is 0.888. The first-order valence-electron chi connectivity index (χ1n) is 23.6. The Hall–Kier alpha value is -9.18. The van der Waals surface area contributed by atoms with Gasteiger partial charge in [-0.1, -0.05) is 188 Å². The van der Waals surface area contributed by atoms with Crippen molar-refractivity contribution in [2.45, 2.75) is 0 Å². The molecular weight excluding hydrogens is 837 g/mol. The molecule has 0 bridgehead atoms. The lowest BCUT2D eigenvalue weighted by Crippen LogP contribution is -2.10. The topological polar surface area (TPSA) is 21.3 Å². The third-order valence-electron chi connectivity index (χ3n) is 13.6. The highest BCUT2D eigenvalue weighted by atomic mass is 16.3. The number of para-hydroxylation sites is 3. The summed E-state index contributed by atoms with van der Waals surface area (Å²) in [5.74, 6) is 0. The van der Waals surface area contributed by atoms with E-state index in [1.807, 2.05) is 12.1 Å². The molecule has 2 heterocycles. The molecule has 3 heteroatoms. The minimum absolute atomic E-state index is 0.888. The van der Waals surface area contributed by atoms with E-state index in [0.29, 0.717) is 0 Å². The zero-order chi connectivity index (χ0) is 45.7. The third-order valence-corrected chi connectivity index (χ3v) is 13.6. The van der Waals surface area contributed by atoms with E-state index in [1.165, 1.54) is 60.8 Å². The van der Waals surface area contributed by atoms with Crippen LogP contribution in [0.25, 0.3) is 105 Å².